The van der Waals surface area contributed by atoms with E-state index >= 15 is 0 Å². The molecule has 2 aromatic carbocycles. The van der Waals surface area contributed by atoms with Crippen molar-refractivity contribution in [2.45, 2.75) is 19.6 Å². The maximum Gasteiger partial charge on any atom is 0.137 e. The second kappa shape index (κ2) is 11.1. The normalized spacial score (nSPS) is 15.1. The van der Waals surface area contributed by atoms with Gasteiger partial charge in [-0.3, -0.25) is 9.58 Å². The number of hydrogen-bond acceptors (Lipinski definition) is 6. The predicted octanol–water partition coefficient (Wildman–Crippen LogP) is 4.79. The Morgan fingerprint density at radius 1 is 1.02 bits per heavy atom. The van der Waals surface area contributed by atoms with Gasteiger partial charge in [0.1, 0.15) is 17.2 Å². The van der Waals surface area contributed by atoms with Crippen LogP contribution in [0.1, 0.15) is 12.5 Å². The van der Waals surface area contributed by atoms with Crippen LogP contribution in [0.3, 0.4) is 0 Å². The summed E-state index contributed by atoms with van der Waals surface area (Å²) in [6, 6.07) is 15.0. The summed E-state index contributed by atoms with van der Waals surface area (Å²) in [5, 5.41) is 15.2. The van der Waals surface area contributed by atoms with E-state index in [4.69, 9.17) is 9.72 Å². The number of aromatic nitrogens is 4. The van der Waals surface area contributed by atoms with Gasteiger partial charge in [0.05, 0.1) is 26.0 Å². The summed E-state index contributed by atoms with van der Waals surface area (Å²) in [6.07, 6.45) is 7.29. The van der Waals surface area contributed by atoms with Crippen molar-refractivity contribution in [1.82, 2.24) is 24.6 Å². The van der Waals surface area contributed by atoms with Crippen molar-refractivity contribution in [2.24, 2.45) is 0 Å². The van der Waals surface area contributed by atoms with Gasteiger partial charge in [0.25, 0.3) is 0 Å². The molecule has 0 bridgehead atoms. The van der Waals surface area contributed by atoms with Gasteiger partial charge in [-0.15, -0.1) is 0 Å². The molecule has 1 atom stereocenters. The van der Waals surface area contributed by atoms with Crippen LogP contribution in [0.5, 0.6) is 5.75 Å². The lowest BCUT2D eigenvalue weighted by atomic mass is 10.0. The van der Waals surface area contributed by atoms with Crippen LogP contribution in [0, 0.1) is 5.82 Å². The number of aliphatic hydroxyl groups is 1. The lowest BCUT2D eigenvalue weighted by molar-refractivity contribution is 0.122. The Kier molecular flexibility index (Phi) is 7.23. The number of aliphatic hydroxyl groups excluding tert-OH is 1. The Hall–Kier alpha value is -4.21. The Labute approximate surface area is 232 Å². The van der Waals surface area contributed by atoms with E-state index in [-0.39, 0.29) is 11.9 Å². The number of nitrogens with zero attached hydrogens (tertiary/aromatic N) is 5. The average molecular weight is 541 g/mol. The van der Waals surface area contributed by atoms with Gasteiger partial charge < -0.3 is 19.7 Å². The third-order valence-electron chi connectivity index (χ3n) is 7.46. The summed E-state index contributed by atoms with van der Waals surface area (Å²) in [5.74, 6) is 0.545. The SMILES string of the molecule is COc1cc(N2CCN(CC(C)O)CC2)ccc1-c1cnc2[nH]cc(-c3cnn(Cc4cccc(F)c4)c3)c2c1. The highest BCUT2D eigenvalue weighted by molar-refractivity contribution is 5.96. The molecule has 2 N–H and O–H groups in total. The van der Waals surface area contributed by atoms with E-state index in [1.54, 1.807) is 13.2 Å². The molecule has 1 fully saturated rings. The van der Waals surface area contributed by atoms with Gasteiger partial charge >= 0.3 is 0 Å². The number of fused-ring (bicyclic) bond motifs is 1. The molecule has 1 unspecified atom stereocenters. The smallest absolute Gasteiger partial charge is 0.137 e. The van der Waals surface area contributed by atoms with Gasteiger partial charge in [-0.2, -0.15) is 5.10 Å². The van der Waals surface area contributed by atoms with Crippen LogP contribution in [-0.2, 0) is 6.54 Å². The molecule has 4 heterocycles. The van der Waals surface area contributed by atoms with Crippen LogP contribution in [0.2, 0.25) is 0 Å². The van der Waals surface area contributed by atoms with E-state index < -0.39 is 0 Å². The minimum Gasteiger partial charge on any atom is -0.496 e. The van der Waals surface area contributed by atoms with Gasteiger partial charge in [-0.1, -0.05) is 12.1 Å². The van der Waals surface area contributed by atoms with Crippen molar-refractivity contribution in [1.29, 1.82) is 0 Å². The second-order valence-corrected chi connectivity index (χ2v) is 10.4. The molecule has 0 saturated carbocycles. The monoisotopic (exact) mass is 540 g/mol. The first-order valence-electron chi connectivity index (χ1n) is 13.5. The van der Waals surface area contributed by atoms with Crippen LogP contribution >= 0.6 is 0 Å². The molecule has 3 aromatic heterocycles. The molecule has 8 nitrogen and oxygen atoms in total. The largest absolute Gasteiger partial charge is 0.496 e. The molecule has 206 valence electrons. The Bertz CT molecular complexity index is 1620. The van der Waals surface area contributed by atoms with E-state index in [0.717, 1.165) is 76.5 Å². The standard InChI is InChI=1S/C31H33FN6O2/c1-21(39)18-36-8-10-37(11-9-36)26-6-7-27(30(14-26)40-2)23-13-28-29(17-34-31(28)33-15-23)24-16-35-38(20-24)19-22-4-3-5-25(32)12-22/h3-7,12-17,20-21,39H,8-11,18-19H2,1-2H3,(H,33,34). The van der Waals surface area contributed by atoms with Crippen LogP contribution in [0.15, 0.2) is 73.3 Å². The van der Waals surface area contributed by atoms with Gasteiger partial charge in [-0.25, -0.2) is 9.37 Å². The summed E-state index contributed by atoms with van der Waals surface area (Å²) in [6.45, 7) is 6.68. The molecular weight excluding hydrogens is 507 g/mol. The summed E-state index contributed by atoms with van der Waals surface area (Å²) >= 11 is 0. The molecule has 0 spiro atoms. The molecule has 6 rings (SSSR count). The minimum atomic E-state index is -0.311. The predicted molar refractivity (Wildman–Crippen MR) is 155 cm³/mol. The maximum absolute atomic E-state index is 13.6. The Morgan fingerprint density at radius 2 is 1.88 bits per heavy atom. The highest BCUT2D eigenvalue weighted by Gasteiger charge is 2.20. The Morgan fingerprint density at radius 3 is 2.65 bits per heavy atom. The molecule has 5 aromatic rings. The first-order valence-corrected chi connectivity index (χ1v) is 13.5. The van der Waals surface area contributed by atoms with E-state index in [9.17, 15) is 9.50 Å². The summed E-state index contributed by atoms with van der Waals surface area (Å²) in [7, 11) is 1.70. The third-order valence-corrected chi connectivity index (χ3v) is 7.46. The Balaban J connectivity index is 1.24. The summed E-state index contributed by atoms with van der Waals surface area (Å²) in [4.78, 5) is 12.6. The number of rotatable bonds is 8. The number of methoxy groups -OCH3 is 1. The van der Waals surface area contributed by atoms with Gasteiger partial charge in [0, 0.05) is 90.7 Å². The van der Waals surface area contributed by atoms with Crippen molar-refractivity contribution in [3.05, 3.63) is 84.7 Å². The molecular formula is C31H33FN6O2. The number of nitrogens with one attached hydrogen (secondary N) is 1. The van der Waals surface area contributed by atoms with Crippen molar-refractivity contribution in [3.8, 4) is 28.0 Å². The number of H-pyrrole nitrogens is 1. The zero-order valence-electron chi connectivity index (χ0n) is 22.7. The first kappa shape index (κ1) is 26.0. The number of aromatic amines is 1. The molecule has 0 aliphatic carbocycles. The molecule has 0 radical (unpaired) electrons. The van der Waals surface area contributed by atoms with Crippen molar-refractivity contribution >= 4 is 16.7 Å². The van der Waals surface area contributed by atoms with E-state index in [0.29, 0.717) is 13.1 Å². The second-order valence-electron chi connectivity index (χ2n) is 10.4. The number of hydrogen-bond donors (Lipinski definition) is 2. The van der Waals surface area contributed by atoms with Crippen LogP contribution in [-0.4, -0.2) is 75.7 Å². The fourth-order valence-electron chi connectivity index (χ4n) is 5.48. The summed E-state index contributed by atoms with van der Waals surface area (Å²) < 4.78 is 21.3. The number of pyridine rings is 1. The molecule has 1 saturated heterocycles. The number of piperazine rings is 1. The molecule has 0 amide bonds. The maximum atomic E-state index is 13.6. The number of halogens is 1. The summed E-state index contributed by atoms with van der Waals surface area (Å²) in [5.41, 5.74) is 6.67. The minimum absolute atomic E-state index is 0.251. The zero-order chi connectivity index (χ0) is 27.6. The number of anilines is 1. The lowest BCUT2D eigenvalue weighted by Gasteiger charge is -2.36. The average Bonchev–Trinajstić information content (AvgIpc) is 3.59. The van der Waals surface area contributed by atoms with Crippen LogP contribution < -0.4 is 9.64 Å². The highest BCUT2D eigenvalue weighted by Crippen LogP contribution is 2.37. The van der Waals surface area contributed by atoms with E-state index in [1.807, 2.05) is 42.5 Å². The van der Waals surface area contributed by atoms with Crippen LogP contribution in [0.4, 0.5) is 10.1 Å². The van der Waals surface area contributed by atoms with Crippen molar-refractivity contribution in [2.75, 3.05) is 44.7 Å². The fraction of sp³-hybridized carbons (Fsp3) is 0.290. The number of ether oxygens (including phenoxy) is 1. The zero-order valence-corrected chi connectivity index (χ0v) is 22.7. The van der Waals surface area contributed by atoms with Gasteiger partial charge in [0.15, 0.2) is 0 Å². The number of β-amino-alcohol motifs (C(OH)–C–C–N with tert-alkyl or cyclic N) is 1. The lowest BCUT2D eigenvalue weighted by Crippen LogP contribution is -2.48. The topological polar surface area (TPSA) is 82.4 Å². The molecule has 1 aliphatic rings. The molecule has 1 aliphatic heterocycles. The van der Waals surface area contributed by atoms with Gasteiger partial charge in [0.2, 0.25) is 0 Å². The fourth-order valence-corrected chi connectivity index (χ4v) is 5.48. The van der Waals surface area contributed by atoms with Crippen molar-refractivity contribution in [3.63, 3.8) is 0 Å². The highest BCUT2D eigenvalue weighted by atomic mass is 19.1. The number of benzene rings is 2. The molecule has 40 heavy (non-hydrogen) atoms. The van der Waals surface area contributed by atoms with E-state index in [2.05, 4.69) is 44.1 Å². The quantitative estimate of drug-likeness (QED) is 0.295. The van der Waals surface area contributed by atoms with E-state index in [1.165, 1.54) is 12.1 Å². The van der Waals surface area contributed by atoms with Gasteiger partial charge in [-0.05, 0) is 42.8 Å². The first-order chi connectivity index (χ1) is 19.5. The third kappa shape index (κ3) is 5.43. The van der Waals surface area contributed by atoms with Crippen molar-refractivity contribution < 1.29 is 14.2 Å². The molecule has 9 heteroatoms. The van der Waals surface area contributed by atoms with Crippen LogP contribution in [0.25, 0.3) is 33.3 Å².